The molecule has 0 spiro atoms. The van der Waals surface area contributed by atoms with Crippen LogP contribution < -0.4 is 0 Å². The maximum atomic E-state index is 10.1. The van der Waals surface area contributed by atoms with Crippen LogP contribution in [0.4, 0.5) is 0 Å². The lowest BCUT2D eigenvalue weighted by molar-refractivity contribution is -0.115. The van der Waals surface area contributed by atoms with Gasteiger partial charge in [0.25, 0.3) is 0 Å². The molecule has 1 heterocycles. The van der Waals surface area contributed by atoms with Gasteiger partial charge in [-0.25, -0.2) is 0 Å². The highest BCUT2D eigenvalue weighted by Crippen LogP contribution is 1.94. The van der Waals surface area contributed by atoms with Crippen molar-refractivity contribution >= 4 is 12.1 Å². The number of rotatable bonds is 1. The Morgan fingerprint density at radius 1 is 1.89 bits per heavy atom. The molecular weight excluding hydrogens is 116 g/mol. The number of amides is 1. The summed E-state index contributed by atoms with van der Waals surface area (Å²) < 4.78 is 0. The SMILES string of the molecule is CC1=NC=CN(C=O)C1. The van der Waals surface area contributed by atoms with Crippen LogP contribution in [-0.4, -0.2) is 23.6 Å². The lowest BCUT2D eigenvalue weighted by Crippen LogP contribution is -2.23. The van der Waals surface area contributed by atoms with Gasteiger partial charge in [0.2, 0.25) is 6.41 Å². The largest absolute Gasteiger partial charge is 0.314 e. The topological polar surface area (TPSA) is 32.7 Å². The summed E-state index contributed by atoms with van der Waals surface area (Å²) >= 11 is 0. The molecule has 9 heavy (non-hydrogen) atoms. The van der Waals surface area contributed by atoms with E-state index in [1.807, 2.05) is 6.92 Å². The molecule has 0 unspecified atom stereocenters. The maximum Gasteiger partial charge on any atom is 0.214 e. The first-order valence-electron chi connectivity index (χ1n) is 2.74. The minimum Gasteiger partial charge on any atom is -0.314 e. The van der Waals surface area contributed by atoms with E-state index in [0.29, 0.717) is 6.54 Å². The molecule has 0 saturated carbocycles. The fraction of sp³-hybridized carbons (Fsp3) is 0.333. The van der Waals surface area contributed by atoms with Crippen LogP contribution in [0.2, 0.25) is 0 Å². The molecule has 0 fully saturated rings. The minimum absolute atomic E-state index is 0.625. The summed E-state index contributed by atoms with van der Waals surface area (Å²) in [5.74, 6) is 0. The summed E-state index contributed by atoms with van der Waals surface area (Å²) in [5, 5.41) is 0. The smallest absolute Gasteiger partial charge is 0.214 e. The van der Waals surface area contributed by atoms with Crippen molar-refractivity contribution in [3.63, 3.8) is 0 Å². The summed E-state index contributed by atoms with van der Waals surface area (Å²) in [6.07, 6.45) is 4.06. The fourth-order valence-electron chi connectivity index (χ4n) is 0.676. The third-order valence-corrected chi connectivity index (χ3v) is 1.10. The molecule has 0 aliphatic carbocycles. The van der Waals surface area contributed by atoms with Gasteiger partial charge in [0.05, 0.1) is 6.54 Å². The highest BCUT2D eigenvalue weighted by molar-refractivity contribution is 5.86. The number of aliphatic imine (C=N–C) groups is 1. The van der Waals surface area contributed by atoms with Gasteiger partial charge in [0, 0.05) is 18.1 Å². The standard InChI is InChI=1S/C6H8N2O/c1-6-4-8(5-9)3-2-7-6/h2-3,5H,4H2,1H3. The van der Waals surface area contributed by atoms with Crippen molar-refractivity contribution in [1.82, 2.24) is 4.90 Å². The second kappa shape index (κ2) is 2.44. The molecule has 1 aliphatic rings. The Morgan fingerprint density at radius 3 is 3.11 bits per heavy atom. The number of nitrogens with zero attached hydrogens (tertiary/aromatic N) is 2. The van der Waals surface area contributed by atoms with E-state index in [1.54, 1.807) is 17.3 Å². The van der Waals surface area contributed by atoms with E-state index in [0.717, 1.165) is 12.1 Å². The van der Waals surface area contributed by atoms with Crippen LogP contribution in [0.1, 0.15) is 6.92 Å². The Morgan fingerprint density at radius 2 is 2.67 bits per heavy atom. The molecule has 0 N–H and O–H groups in total. The number of carbonyl (C=O) groups excluding carboxylic acids is 1. The van der Waals surface area contributed by atoms with Gasteiger partial charge in [-0.1, -0.05) is 0 Å². The van der Waals surface area contributed by atoms with Gasteiger partial charge in [0.1, 0.15) is 0 Å². The molecule has 48 valence electrons. The average Bonchev–Trinajstić information content (AvgIpc) is 1.88. The van der Waals surface area contributed by atoms with Gasteiger partial charge in [-0.05, 0) is 6.92 Å². The van der Waals surface area contributed by atoms with Crippen LogP contribution in [0.25, 0.3) is 0 Å². The van der Waals surface area contributed by atoms with E-state index in [-0.39, 0.29) is 0 Å². The molecule has 0 aromatic heterocycles. The van der Waals surface area contributed by atoms with E-state index in [9.17, 15) is 4.79 Å². The molecule has 1 amide bonds. The molecular formula is C6H8N2O. The van der Waals surface area contributed by atoms with Crippen LogP contribution in [-0.2, 0) is 4.79 Å². The van der Waals surface area contributed by atoms with E-state index < -0.39 is 0 Å². The van der Waals surface area contributed by atoms with E-state index >= 15 is 0 Å². The quantitative estimate of drug-likeness (QED) is 0.465. The predicted molar refractivity (Wildman–Crippen MR) is 35.0 cm³/mol. The van der Waals surface area contributed by atoms with Crippen LogP contribution in [0.3, 0.4) is 0 Å². The van der Waals surface area contributed by atoms with Crippen LogP contribution in [0.5, 0.6) is 0 Å². The van der Waals surface area contributed by atoms with Crippen molar-refractivity contribution in [2.75, 3.05) is 6.54 Å². The van der Waals surface area contributed by atoms with Gasteiger partial charge in [-0.2, -0.15) is 0 Å². The second-order valence-electron chi connectivity index (χ2n) is 1.94. The zero-order valence-electron chi connectivity index (χ0n) is 5.24. The maximum absolute atomic E-state index is 10.1. The lowest BCUT2D eigenvalue weighted by atomic mass is 10.4. The van der Waals surface area contributed by atoms with Crippen molar-refractivity contribution < 1.29 is 4.79 Å². The zero-order chi connectivity index (χ0) is 6.69. The van der Waals surface area contributed by atoms with Crippen molar-refractivity contribution in [2.24, 2.45) is 4.99 Å². The third kappa shape index (κ3) is 1.38. The van der Waals surface area contributed by atoms with Crippen LogP contribution in [0, 0.1) is 0 Å². The summed E-state index contributed by atoms with van der Waals surface area (Å²) in [5.41, 5.74) is 0.963. The molecule has 1 rings (SSSR count). The van der Waals surface area contributed by atoms with Crippen molar-refractivity contribution in [1.29, 1.82) is 0 Å². The van der Waals surface area contributed by atoms with Gasteiger partial charge >= 0.3 is 0 Å². The summed E-state index contributed by atoms with van der Waals surface area (Å²) in [4.78, 5) is 15.6. The number of hydrogen-bond donors (Lipinski definition) is 0. The molecule has 0 aromatic carbocycles. The highest BCUT2D eigenvalue weighted by atomic mass is 16.1. The van der Waals surface area contributed by atoms with Crippen LogP contribution >= 0.6 is 0 Å². The van der Waals surface area contributed by atoms with Gasteiger partial charge in [-0.15, -0.1) is 0 Å². The normalized spacial score (nSPS) is 17.4. The van der Waals surface area contributed by atoms with Crippen molar-refractivity contribution in [2.45, 2.75) is 6.92 Å². The Bertz CT molecular complexity index is 172. The molecule has 0 atom stereocenters. The summed E-state index contributed by atoms with van der Waals surface area (Å²) in [7, 11) is 0. The van der Waals surface area contributed by atoms with E-state index in [2.05, 4.69) is 4.99 Å². The first kappa shape index (κ1) is 6.01. The second-order valence-corrected chi connectivity index (χ2v) is 1.94. The molecule has 0 bridgehead atoms. The molecule has 3 heteroatoms. The molecule has 0 radical (unpaired) electrons. The zero-order valence-corrected chi connectivity index (χ0v) is 5.24. The molecule has 0 aromatic rings. The van der Waals surface area contributed by atoms with Gasteiger partial charge < -0.3 is 4.90 Å². The highest BCUT2D eigenvalue weighted by Gasteiger charge is 2.01. The van der Waals surface area contributed by atoms with Gasteiger partial charge in [0.15, 0.2) is 0 Å². The Kier molecular flexibility index (Phi) is 1.63. The fourth-order valence-corrected chi connectivity index (χ4v) is 0.676. The Balaban J connectivity index is 2.61. The molecule has 1 aliphatic heterocycles. The first-order valence-corrected chi connectivity index (χ1v) is 2.74. The Hall–Kier alpha value is -1.12. The van der Waals surface area contributed by atoms with E-state index in [4.69, 9.17) is 0 Å². The molecule has 0 saturated heterocycles. The first-order chi connectivity index (χ1) is 4.33. The number of carbonyl (C=O) groups is 1. The van der Waals surface area contributed by atoms with Crippen molar-refractivity contribution in [3.8, 4) is 0 Å². The average molecular weight is 124 g/mol. The Labute approximate surface area is 53.7 Å². The third-order valence-electron chi connectivity index (χ3n) is 1.10. The minimum atomic E-state index is 0.625. The lowest BCUT2D eigenvalue weighted by Gasteiger charge is -2.13. The summed E-state index contributed by atoms with van der Waals surface area (Å²) in [6, 6.07) is 0. The number of hydrogen-bond acceptors (Lipinski definition) is 2. The van der Waals surface area contributed by atoms with E-state index in [1.165, 1.54) is 0 Å². The monoisotopic (exact) mass is 124 g/mol. The van der Waals surface area contributed by atoms with Gasteiger partial charge in [-0.3, -0.25) is 9.79 Å². The van der Waals surface area contributed by atoms with Crippen LogP contribution in [0.15, 0.2) is 17.4 Å². The predicted octanol–water partition coefficient (Wildman–Crippen LogP) is 0.391. The molecule has 3 nitrogen and oxygen atoms in total. The van der Waals surface area contributed by atoms with Crippen molar-refractivity contribution in [3.05, 3.63) is 12.4 Å². The summed E-state index contributed by atoms with van der Waals surface area (Å²) in [6.45, 7) is 2.51.